The minimum absolute atomic E-state index is 0.0335. The highest BCUT2D eigenvalue weighted by Gasteiger charge is 2.14. The zero-order valence-corrected chi connectivity index (χ0v) is 17.1. The number of aromatic nitrogens is 2. The zero-order valence-electron chi connectivity index (χ0n) is 16.3. The number of hydrogen-bond acceptors (Lipinski definition) is 4. The normalized spacial score (nSPS) is 11.2. The second kappa shape index (κ2) is 8.44. The number of carbonyl (C=O) groups excluding carboxylic acids is 1. The summed E-state index contributed by atoms with van der Waals surface area (Å²) in [7, 11) is -3.71. The highest BCUT2D eigenvalue weighted by Crippen LogP contribution is 2.23. The van der Waals surface area contributed by atoms with Crippen molar-refractivity contribution in [3.05, 3.63) is 78.4 Å². The maximum atomic E-state index is 12.6. The number of anilines is 1. The Labute approximate surface area is 179 Å². The number of para-hydroxylation sites is 2. The molecule has 8 heteroatoms. The Bertz CT molecular complexity index is 1370. The topological polar surface area (TPSA) is 104 Å². The molecule has 1 amide bonds. The summed E-state index contributed by atoms with van der Waals surface area (Å²) in [4.78, 5) is 20.5. The number of imidazole rings is 1. The molecule has 0 fully saturated rings. The van der Waals surface area contributed by atoms with Gasteiger partial charge < -0.3 is 10.3 Å². The lowest BCUT2D eigenvalue weighted by molar-refractivity contribution is 0.102. The molecule has 3 aromatic carbocycles. The van der Waals surface area contributed by atoms with Crippen molar-refractivity contribution in [2.45, 2.75) is 4.90 Å². The summed E-state index contributed by atoms with van der Waals surface area (Å²) in [6, 6.07) is 20.7. The van der Waals surface area contributed by atoms with Gasteiger partial charge >= 0.3 is 0 Å². The van der Waals surface area contributed by atoms with Crippen LogP contribution in [0.3, 0.4) is 0 Å². The zero-order chi connectivity index (χ0) is 21.8. The van der Waals surface area contributed by atoms with E-state index in [0.717, 1.165) is 16.6 Å². The molecule has 154 valence electrons. The van der Waals surface area contributed by atoms with E-state index in [2.05, 4.69) is 25.9 Å². The van der Waals surface area contributed by atoms with E-state index in [-0.39, 0.29) is 17.3 Å². The number of nitrogens with zero attached hydrogens (tertiary/aromatic N) is 1. The first kappa shape index (κ1) is 20.3. The number of terminal acetylenes is 1. The van der Waals surface area contributed by atoms with Gasteiger partial charge in [0.1, 0.15) is 5.82 Å². The molecule has 31 heavy (non-hydrogen) atoms. The average molecular weight is 430 g/mol. The molecule has 0 atom stereocenters. The maximum absolute atomic E-state index is 12.6. The molecule has 7 nitrogen and oxygen atoms in total. The number of amides is 1. The number of H-pyrrole nitrogens is 1. The van der Waals surface area contributed by atoms with Crippen LogP contribution >= 0.6 is 0 Å². The third kappa shape index (κ3) is 4.48. The van der Waals surface area contributed by atoms with Crippen LogP contribution in [0.4, 0.5) is 5.69 Å². The maximum Gasteiger partial charge on any atom is 0.255 e. The van der Waals surface area contributed by atoms with Crippen LogP contribution in [0.2, 0.25) is 0 Å². The summed E-state index contributed by atoms with van der Waals surface area (Å²) in [6.07, 6.45) is 5.08. The Morgan fingerprint density at radius 3 is 2.55 bits per heavy atom. The molecule has 1 aromatic heterocycles. The van der Waals surface area contributed by atoms with Gasteiger partial charge in [0.15, 0.2) is 0 Å². The van der Waals surface area contributed by atoms with Crippen LogP contribution in [0.15, 0.2) is 77.7 Å². The second-order valence-electron chi connectivity index (χ2n) is 6.69. The molecular formula is C23H18N4O3S. The third-order valence-corrected chi connectivity index (χ3v) is 5.99. The number of fused-ring (bicyclic) bond motifs is 1. The van der Waals surface area contributed by atoms with E-state index in [9.17, 15) is 13.2 Å². The van der Waals surface area contributed by atoms with Crippen LogP contribution < -0.4 is 10.0 Å². The van der Waals surface area contributed by atoms with Crippen molar-refractivity contribution in [2.24, 2.45) is 0 Å². The van der Waals surface area contributed by atoms with Crippen LogP contribution in [0.25, 0.3) is 22.4 Å². The van der Waals surface area contributed by atoms with Gasteiger partial charge in [0.25, 0.3) is 5.91 Å². The number of nitrogens with one attached hydrogen (secondary N) is 3. The van der Waals surface area contributed by atoms with Gasteiger partial charge in [0.05, 0.1) is 22.5 Å². The number of rotatable bonds is 6. The van der Waals surface area contributed by atoms with Gasteiger partial charge in [0.2, 0.25) is 10.0 Å². The van der Waals surface area contributed by atoms with Gasteiger partial charge in [-0.3, -0.25) is 4.79 Å². The fourth-order valence-electron chi connectivity index (χ4n) is 3.04. The van der Waals surface area contributed by atoms with Crippen LogP contribution in [0.5, 0.6) is 0 Å². The summed E-state index contributed by atoms with van der Waals surface area (Å²) < 4.78 is 26.4. The molecular weight excluding hydrogens is 412 g/mol. The summed E-state index contributed by atoms with van der Waals surface area (Å²) >= 11 is 0. The van der Waals surface area contributed by atoms with Crippen LogP contribution in [0, 0.1) is 12.3 Å². The molecule has 0 unspecified atom stereocenters. The Morgan fingerprint density at radius 2 is 1.81 bits per heavy atom. The van der Waals surface area contributed by atoms with Gasteiger partial charge in [-0.25, -0.2) is 13.4 Å². The molecule has 0 saturated carbocycles. The lowest BCUT2D eigenvalue weighted by Gasteiger charge is -2.08. The van der Waals surface area contributed by atoms with Crippen molar-refractivity contribution in [1.82, 2.24) is 14.7 Å². The smallest absolute Gasteiger partial charge is 0.255 e. The molecule has 0 aliphatic rings. The number of carbonyl (C=O) groups is 1. The Kier molecular flexibility index (Phi) is 5.54. The third-order valence-electron chi connectivity index (χ3n) is 4.57. The summed E-state index contributed by atoms with van der Waals surface area (Å²) in [5.41, 5.74) is 3.54. The van der Waals surface area contributed by atoms with Crippen molar-refractivity contribution in [2.75, 3.05) is 11.9 Å². The largest absolute Gasteiger partial charge is 0.338 e. The van der Waals surface area contributed by atoms with Gasteiger partial charge in [-0.05, 0) is 48.5 Å². The van der Waals surface area contributed by atoms with E-state index in [0.29, 0.717) is 17.1 Å². The van der Waals surface area contributed by atoms with E-state index in [1.165, 1.54) is 24.3 Å². The minimum atomic E-state index is -3.71. The first-order valence-electron chi connectivity index (χ1n) is 9.36. The molecule has 0 spiro atoms. The molecule has 4 aromatic rings. The Hall–Kier alpha value is -3.93. The van der Waals surface area contributed by atoms with Crippen LogP contribution in [-0.4, -0.2) is 30.8 Å². The fraction of sp³-hybridized carbons (Fsp3) is 0.0435. The predicted molar refractivity (Wildman–Crippen MR) is 120 cm³/mol. The Morgan fingerprint density at radius 1 is 1.03 bits per heavy atom. The lowest BCUT2D eigenvalue weighted by atomic mass is 10.1. The molecule has 1 heterocycles. The molecule has 0 radical (unpaired) electrons. The van der Waals surface area contributed by atoms with E-state index in [4.69, 9.17) is 6.42 Å². The van der Waals surface area contributed by atoms with Crippen LogP contribution in [-0.2, 0) is 10.0 Å². The SMILES string of the molecule is C#CCNS(=O)(=O)c1ccc(C(=O)Nc2cccc(-c3nc4ccccc4[nH]3)c2)cc1. The van der Waals surface area contributed by atoms with Crippen molar-refractivity contribution >= 4 is 32.7 Å². The highest BCUT2D eigenvalue weighted by atomic mass is 32.2. The first-order valence-corrected chi connectivity index (χ1v) is 10.8. The highest BCUT2D eigenvalue weighted by molar-refractivity contribution is 7.89. The monoisotopic (exact) mass is 430 g/mol. The van der Waals surface area contributed by atoms with Crippen LogP contribution in [0.1, 0.15) is 10.4 Å². The van der Waals surface area contributed by atoms with E-state index in [1.54, 1.807) is 6.07 Å². The average Bonchev–Trinajstić information content (AvgIpc) is 3.22. The minimum Gasteiger partial charge on any atom is -0.338 e. The predicted octanol–water partition coefficient (Wildman–Crippen LogP) is 3.39. The summed E-state index contributed by atoms with van der Waals surface area (Å²) in [5, 5.41) is 2.82. The molecule has 0 aliphatic heterocycles. The quantitative estimate of drug-likeness (QED) is 0.408. The number of benzene rings is 3. The standard InChI is InChI=1S/C23H18N4O3S/c1-2-14-24-31(29,30)19-12-10-16(11-13-19)23(28)25-18-7-5-6-17(15-18)22-26-20-8-3-4-9-21(20)27-22/h1,3-13,15,24H,14H2,(H,25,28)(H,26,27). The fourth-order valence-corrected chi connectivity index (χ4v) is 3.98. The van der Waals surface area contributed by atoms with Crippen molar-refractivity contribution < 1.29 is 13.2 Å². The first-order chi connectivity index (χ1) is 15.0. The van der Waals surface area contributed by atoms with Crippen molar-refractivity contribution in [1.29, 1.82) is 0 Å². The molecule has 3 N–H and O–H groups in total. The number of hydrogen-bond donors (Lipinski definition) is 3. The lowest BCUT2D eigenvalue weighted by Crippen LogP contribution is -2.24. The Balaban J connectivity index is 1.51. The van der Waals surface area contributed by atoms with E-state index >= 15 is 0 Å². The van der Waals surface area contributed by atoms with E-state index in [1.807, 2.05) is 42.5 Å². The van der Waals surface area contributed by atoms with Gasteiger partial charge in [-0.2, -0.15) is 4.72 Å². The van der Waals surface area contributed by atoms with Crippen molar-refractivity contribution in [3.63, 3.8) is 0 Å². The van der Waals surface area contributed by atoms with Gasteiger partial charge in [-0.15, -0.1) is 6.42 Å². The second-order valence-corrected chi connectivity index (χ2v) is 8.46. The molecule has 0 bridgehead atoms. The summed E-state index contributed by atoms with van der Waals surface area (Å²) in [6.45, 7) is -0.105. The number of aromatic amines is 1. The molecule has 0 aliphatic carbocycles. The van der Waals surface area contributed by atoms with Gasteiger partial charge in [-0.1, -0.05) is 30.2 Å². The molecule has 0 saturated heterocycles. The molecule has 4 rings (SSSR count). The van der Waals surface area contributed by atoms with Gasteiger partial charge in [0, 0.05) is 16.8 Å². The summed E-state index contributed by atoms with van der Waals surface area (Å²) in [5.74, 6) is 2.55. The van der Waals surface area contributed by atoms with Crippen molar-refractivity contribution in [3.8, 4) is 23.7 Å². The van der Waals surface area contributed by atoms with E-state index < -0.39 is 10.0 Å². The number of sulfonamides is 1.